The van der Waals surface area contributed by atoms with Crippen molar-refractivity contribution in [1.29, 1.82) is 0 Å². The van der Waals surface area contributed by atoms with E-state index in [2.05, 4.69) is 50.5 Å². The Hall–Kier alpha value is -4.92. The average Bonchev–Trinajstić information content (AvgIpc) is 3.65. The summed E-state index contributed by atoms with van der Waals surface area (Å²) in [6.07, 6.45) is -11.8. The first kappa shape index (κ1) is 42.7. The van der Waals surface area contributed by atoms with Crippen molar-refractivity contribution in [2.45, 2.75) is 37.0 Å². The van der Waals surface area contributed by atoms with Crippen LogP contribution in [0.2, 0.25) is 0 Å². The van der Waals surface area contributed by atoms with E-state index >= 15 is 0 Å². The molecule has 2 heterocycles. The molecular formula is C41H26F9I2N3O3. The number of anilines is 3. The Morgan fingerprint density at radius 2 is 0.966 bits per heavy atom. The molecule has 2 unspecified atom stereocenters. The molecule has 1 fully saturated rings. The van der Waals surface area contributed by atoms with Gasteiger partial charge in [0.05, 0.1) is 28.8 Å². The molecule has 5 aromatic rings. The van der Waals surface area contributed by atoms with Crippen LogP contribution in [0, 0.1) is 7.14 Å². The van der Waals surface area contributed by atoms with Gasteiger partial charge in [0, 0.05) is 30.6 Å². The third-order valence-electron chi connectivity index (χ3n) is 9.06. The molecule has 1 saturated heterocycles. The summed E-state index contributed by atoms with van der Waals surface area (Å²) in [6, 6.07) is 26.2. The highest BCUT2D eigenvalue weighted by molar-refractivity contribution is 14.1. The number of carbonyl (C=O) groups is 3. The number of amides is 2. The highest BCUT2D eigenvalue weighted by atomic mass is 127. The molecule has 5 aromatic carbocycles. The normalized spacial score (nSPS) is 17.3. The van der Waals surface area contributed by atoms with Crippen molar-refractivity contribution in [2.75, 3.05) is 15.1 Å². The molecule has 58 heavy (non-hydrogen) atoms. The second-order valence-corrected chi connectivity index (χ2v) is 15.4. The molecule has 0 aliphatic carbocycles. The Kier molecular flexibility index (Phi) is 12.3. The number of rotatable bonds is 6. The number of benzene rings is 5. The Labute approximate surface area is 352 Å². The Morgan fingerprint density at radius 3 is 1.43 bits per heavy atom. The zero-order valence-corrected chi connectivity index (χ0v) is 33.6. The number of alkyl halides is 9. The number of nitrogens with one attached hydrogen (secondary N) is 1. The average molecular weight is 1030 g/mol. The lowest BCUT2D eigenvalue weighted by Gasteiger charge is -2.26. The van der Waals surface area contributed by atoms with Crippen LogP contribution in [0.5, 0.6) is 0 Å². The smallest absolute Gasteiger partial charge is 0.351 e. The summed E-state index contributed by atoms with van der Waals surface area (Å²) >= 11 is 4.23. The summed E-state index contributed by atoms with van der Waals surface area (Å²) in [6.45, 7) is 0. The van der Waals surface area contributed by atoms with Gasteiger partial charge in [-0.05, 0) is 159 Å². The fourth-order valence-corrected chi connectivity index (χ4v) is 7.43. The van der Waals surface area contributed by atoms with E-state index in [0.717, 1.165) is 54.7 Å². The fourth-order valence-electron chi connectivity index (χ4n) is 6.30. The quantitative estimate of drug-likeness (QED) is 0.105. The predicted octanol–water partition coefficient (Wildman–Crippen LogP) is 11.8. The summed E-state index contributed by atoms with van der Waals surface area (Å²) in [5.41, 5.74) is -0.0603. The third-order valence-corrected chi connectivity index (χ3v) is 10.4. The van der Waals surface area contributed by atoms with Gasteiger partial charge in [0.2, 0.25) is 5.78 Å². The first-order chi connectivity index (χ1) is 27.2. The molecule has 0 bridgehead atoms. The molecule has 2 amide bonds. The van der Waals surface area contributed by atoms with Gasteiger partial charge in [-0.2, -0.15) is 39.5 Å². The van der Waals surface area contributed by atoms with E-state index in [0.29, 0.717) is 0 Å². The lowest BCUT2D eigenvalue weighted by molar-refractivity contribution is -0.138. The van der Waals surface area contributed by atoms with E-state index < -0.39 is 64.9 Å². The second kappa shape index (κ2) is 16.7. The highest BCUT2D eigenvalue weighted by Crippen LogP contribution is 2.40. The zero-order valence-electron chi connectivity index (χ0n) is 29.3. The summed E-state index contributed by atoms with van der Waals surface area (Å²) in [4.78, 5) is 40.0. The minimum Gasteiger partial charge on any atom is -0.351 e. The fraction of sp³-hybridized carbons (Fsp3) is 0.146. The van der Waals surface area contributed by atoms with Gasteiger partial charge in [-0.15, -0.1) is 0 Å². The van der Waals surface area contributed by atoms with Gasteiger partial charge < -0.3 is 5.32 Å². The van der Waals surface area contributed by atoms with Crippen LogP contribution in [-0.4, -0.2) is 17.6 Å². The second-order valence-electron chi connectivity index (χ2n) is 12.9. The summed E-state index contributed by atoms with van der Waals surface area (Å²) < 4.78 is 117. The maximum atomic E-state index is 13.3. The minimum atomic E-state index is -4.52. The molecule has 0 aromatic heterocycles. The standard InChI is InChI=1S/C24H15F6IN2O.C17H11F3INO2/c25-23(26,27)15-4-8-18(9-5-15)32-20-13-21(14-2-1-3-17(31)12-14)33(22(20)34)19-10-6-16(7-11-19)24(28,29)30;18-17(19,20)11-4-6-13(7-5-11)22-14(9-15(23)16(22)24)10-2-1-3-12(21)8-10/h1-13,21,32H;1-8,14H,9H2. The lowest BCUT2D eigenvalue weighted by Crippen LogP contribution is -2.30. The van der Waals surface area contributed by atoms with Gasteiger partial charge in [0.25, 0.3) is 11.8 Å². The van der Waals surface area contributed by atoms with Gasteiger partial charge in [0.1, 0.15) is 5.70 Å². The van der Waals surface area contributed by atoms with E-state index in [1.165, 1.54) is 46.2 Å². The lowest BCUT2D eigenvalue weighted by atomic mass is 10.0. The number of hydrogen-bond donors (Lipinski definition) is 1. The third kappa shape index (κ3) is 9.67. The molecule has 0 spiro atoms. The maximum Gasteiger partial charge on any atom is 0.416 e. The Bertz CT molecular complexity index is 2360. The molecule has 7 rings (SSSR count). The molecule has 2 aliphatic rings. The molecule has 6 nitrogen and oxygen atoms in total. The first-order valence-corrected chi connectivity index (χ1v) is 19.1. The zero-order chi connectivity index (χ0) is 42.2. The van der Waals surface area contributed by atoms with Gasteiger partial charge in [-0.25, -0.2) is 0 Å². The van der Waals surface area contributed by atoms with E-state index in [1.807, 2.05) is 30.3 Å². The van der Waals surface area contributed by atoms with Crippen LogP contribution in [0.25, 0.3) is 0 Å². The van der Waals surface area contributed by atoms with Crippen LogP contribution in [0.4, 0.5) is 56.6 Å². The largest absolute Gasteiger partial charge is 0.416 e. The van der Waals surface area contributed by atoms with Crippen LogP contribution >= 0.6 is 45.2 Å². The molecule has 2 atom stereocenters. The molecule has 17 heteroatoms. The predicted molar refractivity (Wildman–Crippen MR) is 214 cm³/mol. The van der Waals surface area contributed by atoms with Gasteiger partial charge in [-0.3, -0.25) is 24.2 Å². The number of Topliss-reactive ketones (excluding diaryl/α,β-unsaturated/α-hetero) is 1. The molecular weight excluding hydrogens is 1010 g/mol. The van der Waals surface area contributed by atoms with Crippen LogP contribution in [0.3, 0.4) is 0 Å². The first-order valence-electron chi connectivity index (χ1n) is 16.9. The van der Waals surface area contributed by atoms with Crippen molar-refractivity contribution >= 4 is 79.8 Å². The van der Waals surface area contributed by atoms with Crippen molar-refractivity contribution in [3.8, 4) is 0 Å². The minimum absolute atomic E-state index is 0.0138. The van der Waals surface area contributed by atoms with Gasteiger partial charge in [-0.1, -0.05) is 24.3 Å². The molecule has 2 aliphatic heterocycles. The van der Waals surface area contributed by atoms with Crippen LogP contribution in [0.15, 0.2) is 133 Å². The summed E-state index contributed by atoms with van der Waals surface area (Å²) in [5.74, 6) is -1.76. The van der Waals surface area contributed by atoms with Gasteiger partial charge >= 0.3 is 18.5 Å². The van der Waals surface area contributed by atoms with Crippen molar-refractivity contribution in [3.63, 3.8) is 0 Å². The Morgan fingerprint density at radius 1 is 0.534 bits per heavy atom. The van der Waals surface area contributed by atoms with E-state index in [-0.39, 0.29) is 29.2 Å². The van der Waals surface area contributed by atoms with E-state index in [4.69, 9.17) is 0 Å². The molecule has 0 saturated carbocycles. The molecule has 300 valence electrons. The molecule has 0 radical (unpaired) electrons. The van der Waals surface area contributed by atoms with Crippen molar-refractivity contribution in [3.05, 3.63) is 168 Å². The topological polar surface area (TPSA) is 69.7 Å². The van der Waals surface area contributed by atoms with E-state index in [9.17, 15) is 53.9 Å². The van der Waals surface area contributed by atoms with Crippen molar-refractivity contribution < 1.29 is 53.9 Å². The highest BCUT2D eigenvalue weighted by Gasteiger charge is 2.41. The monoisotopic (exact) mass is 1030 g/mol. The van der Waals surface area contributed by atoms with Crippen LogP contribution < -0.4 is 15.1 Å². The van der Waals surface area contributed by atoms with E-state index in [1.54, 1.807) is 24.3 Å². The number of carbonyl (C=O) groups excluding carboxylic acids is 3. The Balaban J connectivity index is 0.000000208. The number of nitrogens with zero attached hydrogens (tertiary/aromatic N) is 2. The van der Waals surface area contributed by atoms with Crippen molar-refractivity contribution in [1.82, 2.24) is 0 Å². The van der Waals surface area contributed by atoms with Crippen LogP contribution in [-0.2, 0) is 32.9 Å². The summed E-state index contributed by atoms with van der Waals surface area (Å²) in [5, 5.41) is 2.84. The summed E-state index contributed by atoms with van der Waals surface area (Å²) in [7, 11) is 0. The molecule has 1 N–H and O–H groups in total. The number of halogens is 11. The SMILES string of the molecule is O=C1C(Nc2ccc(C(F)(F)F)cc2)=CC(c2cccc(I)c2)N1c1ccc(C(F)(F)F)cc1.O=C1CC(c2cccc(I)c2)N(c2ccc(C(F)(F)F)cc2)C1=O. The maximum absolute atomic E-state index is 13.3. The van der Waals surface area contributed by atoms with Gasteiger partial charge in [0.15, 0.2) is 0 Å². The number of hydrogen-bond acceptors (Lipinski definition) is 4. The van der Waals surface area contributed by atoms with Crippen molar-refractivity contribution in [2.24, 2.45) is 0 Å². The number of ketones is 1. The van der Waals surface area contributed by atoms with Crippen LogP contribution in [0.1, 0.15) is 46.3 Å².